The smallest absolute Gasteiger partial charge is 0.233 e. The van der Waals surface area contributed by atoms with Gasteiger partial charge in [0, 0.05) is 18.8 Å². The zero-order valence-electron chi connectivity index (χ0n) is 20.2. The van der Waals surface area contributed by atoms with Crippen molar-refractivity contribution >= 4 is 17.7 Å². The Hall–Kier alpha value is -2.78. The van der Waals surface area contributed by atoms with Gasteiger partial charge in [-0.15, -0.1) is 10.2 Å². The molecular weight excluding hydrogens is 468 g/mol. The van der Waals surface area contributed by atoms with E-state index in [-0.39, 0.29) is 29.3 Å². The van der Waals surface area contributed by atoms with E-state index in [0.29, 0.717) is 18.2 Å². The van der Waals surface area contributed by atoms with Crippen LogP contribution in [0.15, 0.2) is 53.7 Å². The normalized spacial score (nSPS) is 15.2. The van der Waals surface area contributed by atoms with Crippen molar-refractivity contribution in [2.24, 2.45) is 0 Å². The SMILES string of the molecule is CCN(Cc1cccc(F)c1)C(=O)CSc1nnc([C@H](C)N2CCCCC2)n1-c1ccc(F)cc1. The summed E-state index contributed by atoms with van der Waals surface area (Å²) in [6, 6.07) is 12.6. The largest absolute Gasteiger partial charge is 0.338 e. The monoisotopic (exact) mass is 499 g/mol. The lowest BCUT2D eigenvalue weighted by molar-refractivity contribution is -0.128. The molecular formula is C26H31F2N5OS. The van der Waals surface area contributed by atoms with Crippen LogP contribution in [0.3, 0.4) is 0 Å². The Balaban J connectivity index is 1.53. The first-order valence-corrected chi connectivity index (χ1v) is 13.0. The Bertz CT molecular complexity index is 1130. The van der Waals surface area contributed by atoms with Gasteiger partial charge in [-0.3, -0.25) is 14.3 Å². The lowest BCUT2D eigenvalue weighted by Crippen LogP contribution is -2.33. The van der Waals surface area contributed by atoms with Crippen molar-refractivity contribution in [2.45, 2.75) is 50.9 Å². The van der Waals surface area contributed by atoms with E-state index in [9.17, 15) is 13.6 Å². The number of halogens is 2. The first kappa shape index (κ1) is 25.3. The molecule has 6 nitrogen and oxygen atoms in total. The Labute approximate surface area is 209 Å². The number of amides is 1. The third kappa shape index (κ3) is 6.27. The molecule has 9 heteroatoms. The molecule has 0 radical (unpaired) electrons. The van der Waals surface area contributed by atoms with Gasteiger partial charge in [0.1, 0.15) is 11.6 Å². The van der Waals surface area contributed by atoms with Gasteiger partial charge >= 0.3 is 0 Å². The molecule has 1 saturated heterocycles. The topological polar surface area (TPSA) is 54.3 Å². The lowest BCUT2D eigenvalue weighted by atomic mass is 10.1. The predicted molar refractivity (Wildman–Crippen MR) is 133 cm³/mol. The second kappa shape index (κ2) is 11.8. The van der Waals surface area contributed by atoms with Gasteiger partial charge in [0.15, 0.2) is 11.0 Å². The van der Waals surface area contributed by atoms with Crippen LogP contribution in [0.25, 0.3) is 5.69 Å². The van der Waals surface area contributed by atoms with E-state index >= 15 is 0 Å². The molecule has 1 fully saturated rings. The van der Waals surface area contributed by atoms with E-state index in [1.165, 1.54) is 42.4 Å². The number of aromatic nitrogens is 3. The van der Waals surface area contributed by atoms with Crippen LogP contribution in [0.5, 0.6) is 0 Å². The van der Waals surface area contributed by atoms with Gasteiger partial charge in [-0.05, 0) is 81.7 Å². The van der Waals surface area contributed by atoms with E-state index in [2.05, 4.69) is 22.0 Å². The first-order chi connectivity index (χ1) is 17.0. The van der Waals surface area contributed by atoms with Crippen LogP contribution in [-0.4, -0.2) is 55.9 Å². The third-order valence-corrected chi connectivity index (χ3v) is 7.29. The van der Waals surface area contributed by atoms with E-state index in [4.69, 9.17) is 0 Å². The van der Waals surface area contributed by atoms with Crippen LogP contribution < -0.4 is 0 Å². The number of likely N-dealkylation sites (tertiary alicyclic amines) is 1. The summed E-state index contributed by atoms with van der Waals surface area (Å²) in [6.07, 6.45) is 3.55. The second-order valence-corrected chi connectivity index (χ2v) is 9.69. The molecule has 0 unspecified atom stereocenters. The summed E-state index contributed by atoms with van der Waals surface area (Å²) in [5.74, 6) is 0.248. The standard InChI is InChI=1S/C26H31F2N5OS/c1-3-31(17-20-8-7-9-22(28)16-20)24(34)18-35-26-30-29-25(19(2)32-14-5-4-6-15-32)33(26)23-12-10-21(27)11-13-23/h7-13,16,19H,3-6,14-15,17-18H2,1-2H3/t19-/m0/s1. The Morgan fingerprint density at radius 3 is 2.49 bits per heavy atom. The maximum absolute atomic E-state index is 13.6. The molecule has 0 N–H and O–H groups in total. The molecule has 0 aliphatic carbocycles. The summed E-state index contributed by atoms with van der Waals surface area (Å²) in [6.45, 7) is 6.88. The van der Waals surface area contributed by atoms with Gasteiger partial charge in [0.25, 0.3) is 0 Å². The molecule has 1 aromatic heterocycles. The van der Waals surface area contributed by atoms with E-state index < -0.39 is 0 Å². The van der Waals surface area contributed by atoms with Crippen molar-refractivity contribution in [1.29, 1.82) is 0 Å². The fourth-order valence-corrected chi connectivity index (χ4v) is 5.26. The van der Waals surface area contributed by atoms with Crippen molar-refractivity contribution in [1.82, 2.24) is 24.6 Å². The van der Waals surface area contributed by atoms with E-state index in [1.54, 1.807) is 23.1 Å². The summed E-state index contributed by atoms with van der Waals surface area (Å²) in [5.41, 5.74) is 1.51. The number of nitrogens with zero attached hydrogens (tertiary/aromatic N) is 5. The van der Waals surface area contributed by atoms with E-state index in [1.807, 2.05) is 17.6 Å². The molecule has 1 aliphatic heterocycles. The number of hydrogen-bond acceptors (Lipinski definition) is 5. The molecule has 3 aromatic rings. The number of rotatable bonds is 9. The van der Waals surface area contributed by atoms with Crippen LogP contribution in [0.2, 0.25) is 0 Å². The highest BCUT2D eigenvalue weighted by atomic mass is 32.2. The maximum atomic E-state index is 13.6. The number of hydrogen-bond donors (Lipinski definition) is 0. The molecule has 2 heterocycles. The average molecular weight is 500 g/mol. The number of benzene rings is 2. The van der Waals surface area contributed by atoms with Gasteiger partial charge in [0.05, 0.1) is 11.8 Å². The molecule has 0 bridgehead atoms. The fourth-order valence-electron chi connectivity index (χ4n) is 4.40. The number of piperidine rings is 1. The van der Waals surface area contributed by atoms with Crippen LogP contribution >= 0.6 is 11.8 Å². The average Bonchev–Trinajstić information content (AvgIpc) is 3.30. The number of thioether (sulfide) groups is 1. The summed E-state index contributed by atoms with van der Waals surface area (Å²) in [5, 5.41) is 9.51. The van der Waals surface area contributed by atoms with Crippen LogP contribution in [0.1, 0.15) is 50.5 Å². The van der Waals surface area contributed by atoms with Crippen molar-refractivity contribution in [3.05, 3.63) is 71.6 Å². The third-order valence-electron chi connectivity index (χ3n) is 6.38. The summed E-state index contributed by atoms with van der Waals surface area (Å²) < 4.78 is 29.1. The predicted octanol–water partition coefficient (Wildman–Crippen LogP) is 5.23. The quantitative estimate of drug-likeness (QED) is 0.377. The summed E-state index contributed by atoms with van der Waals surface area (Å²) in [7, 11) is 0. The van der Waals surface area contributed by atoms with E-state index in [0.717, 1.165) is 43.0 Å². The maximum Gasteiger partial charge on any atom is 0.233 e. The van der Waals surface area contributed by atoms with Gasteiger partial charge in [-0.2, -0.15) is 0 Å². The highest BCUT2D eigenvalue weighted by molar-refractivity contribution is 7.99. The van der Waals surface area contributed by atoms with Crippen LogP contribution in [0.4, 0.5) is 8.78 Å². The van der Waals surface area contributed by atoms with Gasteiger partial charge in [-0.25, -0.2) is 8.78 Å². The number of carbonyl (C=O) groups excluding carboxylic acids is 1. The highest BCUT2D eigenvalue weighted by Gasteiger charge is 2.26. The molecule has 0 spiro atoms. The molecule has 1 atom stereocenters. The van der Waals surface area contributed by atoms with Crippen molar-refractivity contribution in [2.75, 3.05) is 25.4 Å². The molecule has 186 valence electrons. The van der Waals surface area contributed by atoms with Gasteiger partial charge < -0.3 is 4.90 Å². The first-order valence-electron chi connectivity index (χ1n) is 12.1. The zero-order valence-corrected chi connectivity index (χ0v) is 21.0. The number of carbonyl (C=O) groups is 1. The molecule has 1 amide bonds. The molecule has 2 aromatic carbocycles. The Kier molecular flexibility index (Phi) is 8.51. The molecule has 0 saturated carbocycles. The van der Waals surface area contributed by atoms with Crippen molar-refractivity contribution < 1.29 is 13.6 Å². The van der Waals surface area contributed by atoms with Gasteiger partial charge in [-0.1, -0.05) is 30.3 Å². The van der Waals surface area contributed by atoms with Crippen LogP contribution in [-0.2, 0) is 11.3 Å². The molecule has 4 rings (SSSR count). The van der Waals surface area contributed by atoms with Crippen LogP contribution in [0, 0.1) is 11.6 Å². The zero-order chi connectivity index (χ0) is 24.8. The lowest BCUT2D eigenvalue weighted by Gasteiger charge is -2.31. The molecule has 35 heavy (non-hydrogen) atoms. The van der Waals surface area contributed by atoms with Crippen molar-refractivity contribution in [3.63, 3.8) is 0 Å². The minimum absolute atomic E-state index is 0.0398. The highest BCUT2D eigenvalue weighted by Crippen LogP contribution is 2.29. The van der Waals surface area contributed by atoms with Gasteiger partial charge in [0.2, 0.25) is 5.91 Å². The summed E-state index contributed by atoms with van der Waals surface area (Å²) in [4.78, 5) is 17.1. The fraction of sp³-hybridized carbons (Fsp3) is 0.423. The second-order valence-electron chi connectivity index (χ2n) is 8.75. The van der Waals surface area contributed by atoms with Crippen molar-refractivity contribution in [3.8, 4) is 5.69 Å². The minimum atomic E-state index is -0.317. The molecule has 1 aliphatic rings. The Morgan fingerprint density at radius 2 is 1.80 bits per heavy atom. The minimum Gasteiger partial charge on any atom is -0.338 e. The summed E-state index contributed by atoms with van der Waals surface area (Å²) >= 11 is 1.31. The Morgan fingerprint density at radius 1 is 1.06 bits per heavy atom.